The molecule has 1 aliphatic heterocycles. The minimum Gasteiger partial charge on any atom is -0.385 e. The van der Waals surface area contributed by atoms with Crippen molar-refractivity contribution >= 4 is 6.03 Å². The van der Waals surface area contributed by atoms with Gasteiger partial charge in [0.1, 0.15) is 0 Å². The van der Waals surface area contributed by atoms with Crippen LogP contribution in [0.1, 0.15) is 24.9 Å². The van der Waals surface area contributed by atoms with Crippen molar-refractivity contribution in [1.82, 2.24) is 10.2 Å². The van der Waals surface area contributed by atoms with Gasteiger partial charge in [0.15, 0.2) is 0 Å². The van der Waals surface area contributed by atoms with Crippen molar-refractivity contribution < 1.29 is 9.53 Å². The molecule has 0 aliphatic carbocycles. The lowest BCUT2D eigenvalue weighted by Gasteiger charge is -2.46. The van der Waals surface area contributed by atoms with Gasteiger partial charge in [-0.2, -0.15) is 0 Å². The van der Waals surface area contributed by atoms with Crippen LogP contribution in [0, 0.1) is 5.92 Å². The van der Waals surface area contributed by atoms with Crippen molar-refractivity contribution in [3.63, 3.8) is 0 Å². The van der Waals surface area contributed by atoms with Crippen molar-refractivity contribution in [2.75, 3.05) is 26.8 Å². The summed E-state index contributed by atoms with van der Waals surface area (Å²) in [6.45, 7) is 4.36. The number of rotatable bonds is 5. The molecule has 0 saturated carbocycles. The number of methoxy groups -OCH3 is 1. The van der Waals surface area contributed by atoms with Gasteiger partial charge in [0.25, 0.3) is 0 Å². The van der Waals surface area contributed by atoms with Crippen LogP contribution in [0.25, 0.3) is 0 Å². The number of carbonyl (C=O) groups is 1. The van der Waals surface area contributed by atoms with E-state index in [1.807, 2.05) is 23.1 Å². The minimum atomic E-state index is 0.0306. The Bertz CT molecular complexity index is 408. The molecule has 0 bridgehead atoms. The number of benzene rings is 1. The van der Waals surface area contributed by atoms with Crippen LogP contribution < -0.4 is 5.32 Å². The van der Waals surface area contributed by atoms with Gasteiger partial charge in [-0.25, -0.2) is 4.79 Å². The van der Waals surface area contributed by atoms with Crippen molar-refractivity contribution in [2.45, 2.75) is 19.4 Å². The van der Waals surface area contributed by atoms with Crippen LogP contribution in [0.5, 0.6) is 0 Å². The number of carbonyl (C=O) groups excluding carboxylic acids is 1. The topological polar surface area (TPSA) is 41.6 Å². The summed E-state index contributed by atoms with van der Waals surface area (Å²) in [6.07, 6.45) is 0.849. The van der Waals surface area contributed by atoms with Gasteiger partial charge in [0.2, 0.25) is 0 Å². The number of urea groups is 1. The summed E-state index contributed by atoms with van der Waals surface area (Å²) < 4.78 is 4.97. The number of hydrogen-bond donors (Lipinski definition) is 1. The first-order chi connectivity index (χ1) is 9.24. The van der Waals surface area contributed by atoms with E-state index in [4.69, 9.17) is 4.74 Å². The van der Waals surface area contributed by atoms with E-state index in [1.54, 1.807) is 7.11 Å². The predicted molar refractivity (Wildman–Crippen MR) is 74.9 cm³/mol. The maximum atomic E-state index is 12.1. The Morgan fingerprint density at radius 1 is 1.42 bits per heavy atom. The number of ether oxygens (including phenoxy) is 1. The summed E-state index contributed by atoms with van der Waals surface area (Å²) >= 11 is 0. The SMILES string of the molecule is COCCCNC(=O)N1C[C@@H](C)[C@H]1c1ccccc1. The minimum absolute atomic E-state index is 0.0306. The summed E-state index contributed by atoms with van der Waals surface area (Å²) in [5, 5.41) is 2.95. The molecule has 104 valence electrons. The molecule has 4 heteroatoms. The molecule has 0 aromatic heterocycles. The van der Waals surface area contributed by atoms with Gasteiger partial charge in [-0.15, -0.1) is 0 Å². The van der Waals surface area contributed by atoms with Gasteiger partial charge in [0.05, 0.1) is 6.04 Å². The zero-order chi connectivity index (χ0) is 13.7. The van der Waals surface area contributed by atoms with Gasteiger partial charge in [-0.1, -0.05) is 37.3 Å². The van der Waals surface area contributed by atoms with Gasteiger partial charge < -0.3 is 15.0 Å². The Labute approximate surface area is 114 Å². The van der Waals surface area contributed by atoms with E-state index in [9.17, 15) is 4.79 Å². The molecule has 19 heavy (non-hydrogen) atoms. The highest BCUT2D eigenvalue weighted by Gasteiger charge is 2.39. The Morgan fingerprint density at radius 2 is 2.16 bits per heavy atom. The van der Waals surface area contributed by atoms with Crippen molar-refractivity contribution in [3.8, 4) is 0 Å². The van der Waals surface area contributed by atoms with Gasteiger partial charge >= 0.3 is 6.03 Å². The van der Waals surface area contributed by atoms with E-state index in [0.29, 0.717) is 19.1 Å². The summed E-state index contributed by atoms with van der Waals surface area (Å²) in [6, 6.07) is 10.5. The molecule has 1 heterocycles. The molecule has 1 aromatic rings. The van der Waals surface area contributed by atoms with Crippen LogP contribution >= 0.6 is 0 Å². The van der Waals surface area contributed by atoms with Crippen LogP contribution in [-0.2, 0) is 4.74 Å². The third-order valence-electron chi connectivity index (χ3n) is 3.56. The fraction of sp³-hybridized carbons (Fsp3) is 0.533. The highest BCUT2D eigenvalue weighted by Crippen LogP contribution is 2.38. The molecule has 1 saturated heterocycles. The molecule has 4 nitrogen and oxygen atoms in total. The Hall–Kier alpha value is -1.55. The van der Waals surface area contributed by atoms with E-state index in [0.717, 1.165) is 13.0 Å². The first kappa shape index (κ1) is 13.9. The highest BCUT2D eigenvalue weighted by molar-refractivity contribution is 5.75. The third kappa shape index (κ3) is 3.26. The van der Waals surface area contributed by atoms with Crippen LogP contribution in [0.15, 0.2) is 30.3 Å². The molecule has 1 aliphatic rings. The fourth-order valence-electron chi connectivity index (χ4n) is 2.57. The lowest BCUT2D eigenvalue weighted by molar-refractivity contribution is 0.0590. The molecule has 2 rings (SSSR count). The van der Waals surface area contributed by atoms with Crippen molar-refractivity contribution in [3.05, 3.63) is 35.9 Å². The van der Waals surface area contributed by atoms with E-state index >= 15 is 0 Å². The number of nitrogens with one attached hydrogen (secondary N) is 1. The first-order valence-corrected chi connectivity index (χ1v) is 6.82. The van der Waals surface area contributed by atoms with Crippen molar-refractivity contribution in [2.24, 2.45) is 5.92 Å². The maximum absolute atomic E-state index is 12.1. The Morgan fingerprint density at radius 3 is 2.79 bits per heavy atom. The molecule has 0 radical (unpaired) electrons. The zero-order valence-corrected chi connectivity index (χ0v) is 11.6. The van der Waals surface area contributed by atoms with E-state index in [2.05, 4.69) is 24.4 Å². The fourth-order valence-corrected chi connectivity index (χ4v) is 2.57. The Balaban J connectivity index is 1.88. The highest BCUT2D eigenvalue weighted by atomic mass is 16.5. The van der Waals surface area contributed by atoms with Gasteiger partial charge in [-0.05, 0) is 17.9 Å². The molecular formula is C15H22N2O2. The number of amides is 2. The molecule has 1 aromatic carbocycles. The second-order valence-corrected chi connectivity index (χ2v) is 5.06. The summed E-state index contributed by atoms with van der Waals surface area (Å²) in [5.74, 6) is 0.520. The molecule has 1 fully saturated rings. The largest absolute Gasteiger partial charge is 0.385 e. The average Bonchev–Trinajstić information content (AvgIpc) is 2.42. The molecular weight excluding hydrogens is 240 g/mol. The normalized spacial score (nSPS) is 21.9. The quantitative estimate of drug-likeness (QED) is 0.828. The van der Waals surface area contributed by atoms with E-state index in [1.165, 1.54) is 5.56 Å². The number of nitrogens with zero attached hydrogens (tertiary/aromatic N) is 1. The molecule has 2 atom stereocenters. The van der Waals surface area contributed by atoms with Crippen molar-refractivity contribution in [1.29, 1.82) is 0 Å². The summed E-state index contributed by atoms with van der Waals surface area (Å²) in [7, 11) is 1.67. The third-order valence-corrected chi connectivity index (χ3v) is 3.56. The molecule has 2 amide bonds. The molecule has 1 N–H and O–H groups in total. The second kappa shape index (κ2) is 6.57. The lowest BCUT2D eigenvalue weighted by atomic mass is 9.85. The second-order valence-electron chi connectivity index (χ2n) is 5.06. The van der Waals surface area contributed by atoms with Crippen LogP contribution in [0.2, 0.25) is 0 Å². The molecule has 0 unspecified atom stereocenters. The van der Waals surface area contributed by atoms with E-state index in [-0.39, 0.29) is 12.1 Å². The molecule has 0 spiro atoms. The number of hydrogen-bond acceptors (Lipinski definition) is 2. The average molecular weight is 262 g/mol. The zero-order valence-electron chi connectivity index (χ0n) is 11.6. The van der Waals surface area contributed by atoms with Gasteiger partial charge in [-0.3, -0.25) is 0 Å². The van der Waals surface area contributed by atoms with Crippen LogP contribution in [0.3, 0.4) is 0 Å². The van der Waals surface area contributed by atoms with Gasteiger partial charge in [0, 0.05) is 26.8 Å². The summed E-state index contributed by atoms with van der Waals surface area (Å²) in [5.41, 5.74) is 1.22. The maximum Gasteiger partial charge on any atom is 0.317 e. The standard InChI is InChI=1S/C15H22N2O2/c1-12-11-17(15(18)16-9-6-10-19-2)14(12)13-7-4-3-5-8-13/h3-5,7-8,12,14H,6,9-11H2,1-2H3,(H,16,18)/t12-,14+/m1/s1. The van der Waals surface area contributed by atoms with Crippen LogP contribution in [0.4, 0.5) is 4.79 Å². The lowest BCUT2D eigenvalue weighted by Crippen LogP contribution is -2.55. The predicted octanol–water partition coefficient (Wildman–Crippen LogP) is 2.43. The van der Waals surface area contributed by atoms with Crippen LogP contribution in [-0.4, -0.2) is 37.7 Å². The Kier molecular flexibility index (Phi) is 4.80. The smallest absolute Gasteiger partial charge is 0.317 e. The number of likely N-dealkylation sites (tertiary alicyclic amines) is 1. The summed E-state index contributed by atoms with van der Waals surface area (Å²) in [4.78, 5) is 14.0. The monoisotopic (exact) mass is 262 g/mol. The van der Waals surface area contributed by atoms with E-state index < -0.39 is 0 Å². The first-order valence-electron chi connectivity index (χ1n) is 6.82.